The number of hydrogen-bond donors (Lipinski definition) is 1. The zero-order chi connectivity index (χ0) is 20.0. The number of benzene rings is 2. The van der Waals surface area contributed by atoms with Gasteiger partial charge in [0.2, 0.25) is 0 Å². The lowest BCUT2D eigenvalue weighted by atomic mass is 9.68. The van der Waals surface area contributed by atoms with Gasteiger partial charge in [-0.25, -0.2) is 0 Å². The van der Waals surface area contributed by atoms with E-state index in [0.29, 0.717) is 0 Å². The molecule has 1 saturated heterocycles. The van der Waals surface area contributed by atoms with E-state index in [1.807, 2.05) is 12.1 Å². The summed E-state index contributed by atoms with van der Waals surface area (Å²) in [6, 6.07) is 18.3. The standard InChI is InChI=1S/C23H21ClN4O/c24-18-4-2-17(3-5-18)23-9-11-28(12-10-23)14-16-13-15(1-6-19(16)23)20-7-8-21(22(25)29)27-26-20/h1-8,13H,9-12,14H2,(H2,25,29). The minimum atomic E-state index is -0.569. The number of piperidine rings is 1. The topological polar surface area (TPSA) is 72.1 Å². The van der Waals surface area contributed by atoms with Crippen LogP contribution in [0.1, 0.15) is 40.0 Å². The molecule has 0 saturated carbocycles. The number of amides is 1. The number of primary amides is 1. The van der Waals surface area contributed by atoms with E-state index in [0.717, 1.165) is 48.8 Å². The lowest BCUT2D eigenvalue weighted by Crippen LogP contribution is -2.39. The number of fused-ring (bicyclic) bond motifs is 2. The lowest BCUT2D eigenvalue weighted by molar-refractivity contribution is 0.0994. The van der Waals surface area contributed by atoms with Crippen LogP contribution in [0, 0.1) is 0 Å². The van der Waals surface area contributed by atoms with Crippen LogP contribution in [0.3, 0.4) is 0 Å². The van der Waals surface area contributed by atoms with E-state index < -0.39 is 5.91 Å². The molecule has 0 atom stereocenters. The van der Waals surface area contributed by atoms with Gasteiger partial charge in [0.1, 0.15) is 0 Å². The molecule has 1 aromatic heterocycles. The van der Waals surface area contributed by atoms with E-state index in [1.54, 1.807) is 12.1 Å². The highest BCUT2D eigenvalue weighted by molar-refractivity contribution is 6.30. The van der Waals surface area contributed by atoms with Crippen molar-refractivity contribution in [1.82, 2.24) is 15.1 Å². The summed E-state index contributed by atoms with van der Waals surface area (Å²) in [4.78, 5) is 13.8. The number of rotatable bonds is 3. The van der Waals surface area contributed by atoms with Crippen LogP contribution in [0.25, 0.3) is 11.3 Å². The maximum Gasteiger partial charge on any atom is 0.269 e. The van der Waals surface area contributed by atoms with Gasteiger partial charge in [0.05, 0.1) is 5.69 Å². The van der Waals surface area contributed by atoms with Crippen LogP contribution >= 0.6 is 11.6 Å². The lowest BCUT2D eigenvalue weighted by Gasteiger charge is -2.39. The Kier molecular flexibility index (Phi) is 4.37. The molecule has 2 N–H and O–H groups in total. The third-order valence-corrected chi connectivity index (χ3v) is 6.59. The number of hydrogen-bond acceptors (Lipinski definition) is 4. The summed E-state index contributed by atoms with van der Waals surface area (Å²) in [5.41, 5.74) is 11.3. The van der Waals surface area contributed by atoms with Gasteiger partial charge in [-0.3, -0.25) is 9.69 Å². The summed E-state index contributed by atoms with van der Waals surface area (Å²) in [6.07, 6.45) is 2.21. The minimum Gasteiger partial charge on any atom is -0.364 e. The molecule has 146 valence electrons. The summed E-state index contributed by atoms with van der Waals surface area (Å²) < 4.78 is 0. The SMILES string of the molecule is NC(=O)c1ccc(-c2ccc3c(c2)CN2CCC3(c3ccc(Cl)cc3)CC2)nn1. The molecule has 0 unspecified atom stereocenters. The molecule has 1 fully saturated rings. The Balaban J connectivity index is 1.60. The van der Waals surface area contributed by atoms with Crippen molar-refractivity contribution in [3.63, 3.8) is 0 Å². The second kappa shape index (κ2) is 6.94. The zero-order valence-electron chi connectivity index (χ0n) is 15.9. The monoisotopic (exact) mass is 404 g/mol. The van der Waals surface area contributed by atoms with E-state index in [2.05, 4.69) is 45.4 Å². The predicted octanol–water partition coefficient (Wildman–Crippen LogP) is 3.79. The Morgan fingerprint density at radius 1 is 1.00 bits per heavy atom. The highest BCUT2D eigenvalue weighted by Gasteiger charge is 2.42. The average Bonchev–Trinajstić information content (AvgIpc) is 3.00. The van der Waals surface area contributed by atoms with Crippen molar-refractivity contribution in [3.05, 3.63) is 82.0 Å². The van der Waals surface area contributed by atoms with Crippen LogP contribution in [-0.2, 0) is 12.0 Å². The van der Waals surface area contributed by atoms with E-state index in [1.165, 1.54) is 16.7 Å². The van der Waals surface area contributed by atoms with Crippen LogP contribution in [-0.4, -0.2) is 34.1 Å². The number of aromatic nitrogens is 2. The van der Waals surface area contributed by atoms with Crippen molar-refractivity contribution >= 4 is 17.5 Å². The van der Waals surface area contributed by atoms with Gasteiger partial charge < -0.3 is 5.73 Å². The Morgan fingerprint density at radius 2 is 1.76 bits per heavy atom. The normalized spacial score (nSPS) is 22.7. The first-order valence-corrected chi connectivity index (χ1v) is 10.2. The number of nitrogens with two attached hydrogens (primary N) is 1. The Morgan fingerprint density at radius 3 is 2.41 bits per heavy atom. The fraction of sp³-hybridized carbons (Fsp3) is 0.261. The molecule has 1 amide bonds. The first kappa shape index (κ1) is 18.3. The van der Waals surface area contributed by atoms with Crippen molar-refractivity contribution in [2.75, 3.05) is 13.1 Å². The van der Waals surface area contributed by atoms with Crippen molar-refractivity contribution in [1.29, 1.82) is 0 Å². The highest BCUT2D eigenvalue weighted by Crippen LogP contribution is 2.47. The molecular weight excluding hydrogens is 384 g/mol. The fourth-order valence-electron chi connectivity index (χ4n) is 4.78. The van der Waals surface area contributed by atoms with Gasteiger partial charge >= 0.3 is 0 Å². The van der Waals surface area contributed by atoms with E-state index >= 15 is 0 Å². The van der Waals surface area contributed by atoms with Crippen molar-refractivity contribution in [3.8, 4) is 11.3 Å². The molecule has 0 aliphatic carbocycles. The summed E-state index contributed by atoms with van der Waals surface area (Å²) in [5, 5.41) is 8.92. The number of nitrogens with zero attached hydrogens (tertiary/aromatic N) is 3. The van der Waals surface area contributed by atoms with Crippen LogP contribution in [0.15, 0.2) is 54.6 Å². The molecular formula is C23H21ClN4O. The number of carbonyl (C=O) groups is 1. The minimum absolute atomic E-state index is 0.0208. The quantitative estimate of drug-likeness (QED) is 0.720. The maximum absolute atomic E-state index is 11.3. The van der Waals surface area contributed by atoms with Crippen molar-refractivity contribution in [2.45, 2.75) is 24.8 Å². The molecule has 6 heteroatoms. The smallest absolute Gasteiger partial charge is 0.269 e. The molecule has 3 aromatic rings. The molecule has 2 aromatic carbocycles. The summed E-state index contributed by atoms with van der Waals surface area (Å²) >= 11 is 6.15. The van der Waals surface area contributed by atoms with Gasteiger partial charge in [0.25, 0.3) is 5.91 Å². The Bertz CT molecular complexity index is 1070. The molecule has 6 rings (SSSR count). The van der Waals surface area contributed by atoms with Crippen molar-refractivity contribution in [2.24, 2.45) is 5.73 Å². The van der Waals surface area contributed by atoms with Gasteiger partial charge in [0, 0.05) is 22.5 Å². The molecule has 4 heterocycles. The molecule has 2 bridgehead atoms. The number of halogens is 1. The van der Waals surface area contributed by atoms with E-state index in [4.69, 9.17) is 17.3 Å². The van der Waals surface area contributed by atoms with E-state index in [9.17, 15) is 4.79 Å². The first-order valence-electron chi connectivity index (χ1n) is 9.81. The van der Waals surface area contributed by atoms with Gasteiger partial charge in [-0.1, -0.05) is 35.9 Å². The highest BCUT2D eigenvalue weighted by atomic mass is 35.5. The zero-order valence-corrected chi connectivity index (χ0v) is 16.7. The summed E-state index contributed by atoms with van der Waals surface area (Å²) in [6.45, 7) is 3.10. The maximum atomic E-state index is 11.3. The molecule has 0 radical (unpaired) electrons. The third-order valence-electron chi connectivity index (χ3n) is 6.33. The first-order chi connectivity index (χ1) is 14.0. The Labute approximate surface area is 174 Å². The molecule has 0 spiro atoms. The van der Waals surface area contributed by atoms with Crippen LogP contribution in [0.2, 0.25) is 5.02 Å². The third kappa shape index (κ3) is 3.11. The summed E-state index contributed by atoms with van der Waals surface area (Å²) in [5.74, 6) is -0.569. The van der Waals surface area contributed by atoms with E-state index in [-0.39, 0.29) is 11.1 Å². The number of carbonyl (C=O) groups excluding carboxylic acids is 1. The van der Waals surface area contributed by atoms with Crippen LogP contribution in [0.5, 0.6) is 0 Å². The second-order valence-corrected chi connectivity index (χ2v) is 8.34. The largest absolute Gasteiger partial charge is 0.364 e. The van der Waals surface area contributed by atoms with Gasteiger partial charge in [0.15, 0.2) is 5.69 Å². The van der Waals surface area contributed by atoms with Gasteiger partial charge in [-0.15, -0.1) is 10.2 Å². The Hall–Kier alpha value is -2.76. The molecule has 3 aliphatic rings. The molecule has 3 aliphatic heterocycles. The average molecular weight is 405 g/mol. The van der Waals surface area contributed by atoms with Crippen molar-refractivity contribution < 1.29 is 4.79 Å². The van der Waals surface area contributed by atoms with Gasteiger partial charge in [-0.2, -0.15) is 0 Å². The van der Waals surface area contributed by atoms with Gasteiger partial charge in [-0.05, 0) is 73.0 Å². The predicted molar refractivity (Wildman–Crippen MR) is 113 cm³/mol. The second-order valence-electron chi connectivity index (χ2n) is 7.91. The molecule has 29 heavy (non-hydrogen) atoms. The van der Waals surface area contributed by atoms with Crippen LogP contribution < -0.4 is 5.73 Å². The fourth-order valence-corrected chi connectivity index (χ4v) is 4.91. The summed E-state index contributed by atoms with van der Waals surface area (Å²) in [7, 11) is 0. The van der Waals surface area contributed by atoms with Crippen LogP contribution in [0.4, 0.5) is 0 Å². The molecule has 5 nitrogen and oxygen atoms in total.